The van der Waals surface area contributed by atoms with Gasteiger partial charge in [-0.3, -0.25) is 0 Å². The van der Waals surface area contributed by atoms with E-state index < -0.39 is 0 Å². The SMILES string of the molecule is Cc1nc(C(C)Cl)nc(Cl)c1Br. The summed E-state index contributed by atoms with van der Waals surface area (Å²) in [7, 11) is 0. The van der Waals surface area contributed by atoms with Gasteiger partial charge in [-0.2, -0.15) is 0 Å². The van der Waals surface area contributed by atoms with E-state index in [9.17, 15) is 0 Å². The van der Waals surface area contributed by atoms with Crippen LogP contribution in [0.1, 0.15) is 23.8 Å². The Bertz CT molecular complexity index is 278. The van der Waals surface area contributed by atoms with Gasteiger partial charge in [0.2, 0.25) is 0 Å². The van der Waals surface area contributed by atoms with Crippen LogP contribution in [-0.4, -0.2) is 9.97 Å². The summed E-state index contributed by atoms with van der Waals surface area (Å²) in [6, 6.07) is 0. The van der Waals surface area contributed by atoms with E-state index in [1.807, 2.05) is 6.92 Å². The lowest BCUT2D eigenvalue weighted by atomic mass is 10.4. The Labute approximate surface area is 89.4 Å². The molecule has 0 aliphatic carbocycles. The molecule has 0 saturated heterocycles. The average molecular weight is 270 g/mol. The smallest absolute Gasteiger partial charge is 0.147 e. The van der Waals surface area contributed by atoms with E-state index in [4.69, 9.17) is 23.2 Å². The molecule has 0 spiro atoms. The first-order chi connectivity index (χ1) is 5.52. The van der Waals surface area contributed by atoms with Crippen LogP contribution in [0.3, 0.4) is 0 Å². The minimum absolute atomic E-state index is 0.214. The molecule has 0 N–H and O–H groups in total. The number of nitrogens with zero attached hydrogens (tertiary/aromatic N) is 2. The first-order valence-corrected chi connectivity index (χ1v) is 4.96. The number of hydrogen-bond donors (Lipinski definition) is 0. The zero-order chi connectivity index (χ0) is 9.30. The average Bonchev–Trinajstić information content (AvgIpc) is 1.99. The van der Waals surface area contributed by atoms with Gasteiger partial charge in [-0.25, -0.2) is 9.97 Å². The fourth-order valence-electron chi connectivity index (χ4n) is 0.723. The van der Waals surface area contributed by atoms with Crippen molar-refractivity contribution in [2.45, 2.75) is 19.2 Å². The van der Waals surface area contributed by atoms with Gasteiger partial charge in [-0.05, 0) is 29.8 Å². The van der Waals surface area contributed by atoms with Crippen LogP contribution in [0.25, 0.3) is 0 Å². The molecule has 1 rings (SSSR count). The topological polar surface area (TPSA) is 25.8 Å². The maximum atomic E-state index is 5.81. The molecule has 1 aromatic heterocycles. The van der Waals surface area contributed by atoms with Crippen LogP contribution in [-0.2, 0) is 0 Å². The number of hydrogen-bond acceptors (Lipinski definition) is 2. The zero-order valence-electron chi connectivity index (χ0n) is 6.61. The van der Waals surface area contributed by atoms with Crippen molar-refractivity contribution in [1.29, 1.82) is 0 Å². The summed E-state index contributed by atoms with van der Waals surface area (Å²) in [6.45, 7) is 3.65. The van der Waals surface area contributed by atoms with E-state index >= 15 is 0 Å². The second kappa shape index (κ2) is 3.90. The molecule has 1 unspecified atom stereocenters. The first kappa shape index (κ1) is 10.2. The van der Waals surface area contributed by atoms with Gasteiger partial charge in [0.1, 0.15) is 11.0 Å². The van der Waals surface area contributed by atoms with Crippen LogP contribution in [0.4, 0.5) is 0 Å². The van der Waals surface area contributed by atoms with Crippen LogP contribution in [0.2, 0.25) is 5.15 Å². The normalized spacial score (nSPS) is 13.1. The van der Waals surface area contributed by atoms with E-state index in [-0.39, 0.29) is 5.38 Å². The van der Waals surface area contributed by atoms with Crippen LogP contribution in [0.15, 0.2) is 4.47 Å². The Morgan fingerprint density at radius 2 is 2.00 bits per heavy atom. The van der Waals surface area contributed by atoms with Gasteiger partial charge in [0.15, 0.2) is 0 Å². The van der Waals surface area contributed by atoms with E-state index in [0.29, 0.717) is 11.0 Å². The molecular weight excluding hydrogens is 263 g/mol. The van der Waals surface area contributed by atoms with Gasteiger partial charge < -0.3 is 0 Å². The van der Waals surface area contributed by atoms with Crippen LogP contribution >= 0.6 is 39.1 Å². The third kappa shape index (κ3) is 2.09. The van der Waals surface area contributed by atoms with Crippen molar-refractivity contribution in [3.8, 4) is 0 Å². The summed E-state index contributed by atoms with van der Waals surface area (Å²) in [4.78, 5) is 8.17. The third-order valence-corrected chi connectivity index (χ3v) is 3.00. The molecule has 1 atom stereocenters. The third-order valence-electron chi connectivity index (χ3n) is 1.35. The van der Waals surface area contributed by atoms with Crippen molar-refractivity contribution >= 4 is 39.1 Å². The summed E-state index contributed by atoms with van der Waals surface area (Å²) in [5.41, 5.74) is 0.803. The summed E-state index contributed by atoms with van der Waals surface area (Å²) in [5.74, 6) is 0.558. The lowest BCUT2D eigenvalue weighted by Gasteiger charge is -2.05. The lowest BCUT2D eigenvalue weighted by molar-refractivity contribution is 0.886. The highest BCUT2D eigenvalue weighted by Gasteiger charge is 2.10. The van der Waals surface area contributed by atoms with Gasteiger partial charge >= 0.3 is 0 Å². The highest BCUT2D eigenvalue weighted by Crippen LogP contribution is 2.25. The Balaban J connectivity index is 3.21. The predicted octanol–water partition coefficient (Wildman–Crippen LogP) is 3.50. The summed E-state index contributed by atoms with van der Waals surface area (Å²) < 4.78 is 0.727. The predicted molar refractivity (Wildman–Crippen MR) is 53.7 cm³/mol. The van der Waals surface area contributed by atoms with Gasteiger partial charge in [0, 0.05) is 0 Å². The Hall–Kier alpha value is 0.140. The second-order valence-electron chi connectivity index (χ2n) is 2.39. The summed E-state index contributed by atoms with van der Waals surface area (Å²) >= 11 is 14.9. The summed E-state index contributed by atoms with van der Waals surface area (Å²) in [6.07, 6.45) is 0. The Morgan fingerprint density at radius 1 is 1.42 bits per heavy atom. The van der Waals surface area contributed by atoms with E-state index in [2.05, 4.69) is 25.9 Å². The molecule has 1 aromatic rings. The number of aromatic nitrogens is 2. The molecule has 0 fully saturated rings. The van der Waals surface area contributed by atoms with Gasteiger partial charge in [-0.15, -0.1) is 11.6 Å². The quantitative estimate of drug-likeness (QED) is 0.576. The van der Waals surface area contributed by atoms with Crippen LogP contribution in [0, 0.1) is 6.92 Å². The van der Waals surface area contributed by atoms with Crippen molar-refractivity contribution < 1.29 is 0 Å². The fraction of sp³-hybridized carbons (Fsp3) is 0.429. The summed E-state index contributed by atoms with van der Waals surface area (Å²) in [5, 5.41) is 0.194. The van der Waals surface area contributed by atoms with Crippen molar-refractivity contribution in [2.75, 3.05) is 0 Å². The Morgan fingerprint density at radius 3 is 2.42 bits per heavy atom. The number of halogens is 3. The molecule has 5 heteroatoms. The highest BCUT2D eigenvalue weighted by molar-refractivity contribution is 9.10. The lowest BCUT2D eigenvalue weighted by Crippen LogP contribution is -1.98. The van der Waals surface area contributed by atoms with Gasteiger partial charge in [-0.1, -0.05) is 11.6 Å². The molecule has 0 aliphatic rings. The molecular formula is C7H7BrCl2N2. The molecule has 66 valence electrons. The minimum atomic E-state index is -0.214. The molecule has 0 bridgehead atoms. The van der Waals surface area contributed by atoms with Crippen molar-refractivity contribution in [3.63, 3.8) is 0 Å². The molecule has 2 nitrogen and oxygen atoms in total. The molecule has 0 aliphatic heterocycles. The largest absolute Gasteiger partial charge is 0.235 e. The second-order valence-corrected chi connectivity index (χ2v) is 4.19. The molecule has 0 amide bonds. The van der Waals surface area contributed by atoms with Crippen molar-refractivity contribution in [1.82, 2.24) is 9.97 Å². The molecule has 12 heavy (non-hydrogen) atoms. The minimum Gasteiger partial charge on any atom is -0.235 e. The van der Waals surface area contributed by atoms with E-state index in [0.717, 1.165) is 10.2 Å². The van der Waals surface area contributed by atoms with Crippen LogP contribution < -0.4 is 0 Å². The van der Waals surface area contributed by atoms with E-state index in [1.54, 1.807) is 6.92 Å². The fourth-order valence-corrected chi connectivity index (χ4v) is 1.22. The van der Waals surface area contributed by atoms with Crippen LogP contribution in [0.5, 0.6) is 0 Å². The number of alkyl halides is 1. The molecule has 1 heterocycles. The maximum absolute atomic E-state index is 5.81. The number of aryl methyl sites for hydroxylation is 1. The first-order valence-electron chi connectivity index (χ1n) is 3.36. The van der Waals surface area contributed by atoms with E-state index in [1.165, 1.54) is 0 Å². The van der Waals surface area contributed by atoms with Gasteiger partial charge in [0.05, 0.1) is 15.5 Å². The van der Waals surface area contributed by atoms with Crippen molar-refractivity contribution in [2.24, 2.45) is 0 Å². The molecule has 0 radical (unpaired) electrons. The monoisotopic (exact) mass is 268 g/mol. The van der Waals surface area contributed by atoms with Gasteiger partial charge in [0.25, 0.3) is 0 Å². The highest BCUT2D eigenvalue weighted by atomic mass is 79.9. The molecule has 0 saturated carbocycles. The van der Waals surface area contributed by atoms with Crippen molar-refractivity contribution in [3.05, 3.63) is 21.1 Å². The molecule has 0 aromatic carbocycles. The Kier molecular flexibility index (Phi) is 3.32. The zero-order valence-corrected chi connectivity index (χ0v) is 9.70. The standard InChI is InChI=1S/C7H7BrCl2N2/c1-3(9)7-11-4(2)5(8)6(10)12-7/h3H,1-2H3. The maximum Gasteiger partial charge on any atom is 0.147 e. The number of rotatable bonds is 1.